The molecule has 0 aromatic heterocycles. The molecule has 9 heteroatoms. The lowest BCUT2D eigenvalue weighted by atomic mass is 10.2. The van der Waals surface area contributed by atoms with Gasteiger partial charge in [0, 0.05) is 6.54 Å². The molecule has 166 valence electrons. The van der Waals surface area contributed by atoms with Crippen LogP contribution in [0.3, 0.4) is 0 Å². The van der Waals surface area contributed by atoms with E-state index in [1.165, 1.54) is 22.5 Å². The van der Waals surface area contributed by atoms with Crippen molar-refractivity contribution in [1.29, 1.82) is 0 Å². The Bertz CT molecular complexity index is 1260. The molecular formula is C23H19Cl2NO5S. The number of carbonyl (C=O) groups excluding carboxylic acids is 1. The number of carbonyl (C=O) groups is 1. The van der Waals surface area contributed by atoms with Gasteiger partial charge in [0.15, 0.2) is 0 Å². The number of sulfonamides is 1. The summed E-state index contributed by atoms with van der Waals surface area (Å²) in [6.07, 6.45) is 0.611. The first-order chi connectivity index (χ1) is 15.4. The SMILES string of the molecule is O=C(OCCOc1ccccc1Cl)c1ccc(Cl)c(S(=O)(=O)N2CCc3ccccc32)c1. The molecule has 3 aromatic rings. The van der Waals surface area contributed by atoms with Crippen LogP contribution in [0.4, 0.5) is 5.69 Å². The van der Waals surface area contributed by atoms with E-state index >= 15 is 0 Å². The molecule has 0 amide bonds. The van der Waals surface area contributed by atoms with Gasteiger partial charge < -0.3 is 9.47 Å². The lowest BCUT2D eigenvalue weighted by molar-refractivity contribution is 0.0450. The molecule has 0 unspecified atom stereocenters. The predicted molar refractivity (Wildman–Crippen MR) is 123 cm³/mol. The molecule has 4 rings (SSSR count). The standard InChI is InChI=1S/C23H19Cl2NO5S/c24-18-6-2-4-8-21(18)30-13-14-31-23(27)17-9-10-19(25)22(15-17)32(28,29)26-12-11-16-5-1-3-7-20(16)26/h1-10,15H,11-14H2. The Labute approximate surface area is 196 Å². The maximum Gasteiger partial charge on any atom is 0.338 e. The van der Waals surface area contributed by atoms with Gasteiger partial charge in [0.05, 0.1) is 21.3 Å². The molecule has 6 nitrogen and oxygen atoms in total. The van der Waals surface area contributed by atoms with E-state index in [0.717, 1.165) is 5.56 Å². The molecule has 0 fully saturated rings. The van der Waals surface area contributed by atoms with Gasteiger partial charge in [-0.15, -0.1) is 0 Å². The first kappa shape index (κ1) is 22.5. The van der Waals surface area contributed by atoms with Gasteiger partial charge >= 0.3 is 5.97 Å². The second kappa shape index (κ2) is 9.40. The summed E-state index contributed by atoms with van der Waals surface area (Å²) in [4.78, 5) is 12.3. The quantitative estimate of drug-likeness (QED) is 0.344. The molecule has 0 N–H and O–H groups in total. The Balaban J connectivity index is 1.46. The predicted octanol–water partition coefficient (Wildman–Crippen LogP) is 4.98. The summed E-state index contributed by atoms with van der Waals surface area (Å²) in [6, 6.07) is 18.3. The van der Waals surface area contributed by atoms with Crippen LogP contribution < -0.4 is 9.04 Å². The van der Waals surface area contributed by atoms with Gasteiger partial charge in [-0.2, -0.15) is 0 Å². The number of hydrogen-bond donors (Lipinski definition) is 0. The maximum absolute atomic E-state index is 13.3. The summed E-state index contributed by atoms with van der Waals surface area (Å²) in [7, 11) is -3.95. The van der Waals surface area contributed by atoms with Crippen LogP contribution >= 0.6 is 23.2 Å². The van der Waals surface area contributed by atoms with E-state index in [-0.39, 0.29) is 28.7 Å². The summed E-state index contributed by atoms with van der Waals surface area (Å²) in [5.74, 6) is -0.196. The third-order valence-electron chi connectivity index (χ3n) is 4.99. The Kier molecular flexibility index (Phi) is 6.60. The number of halogens is 2. The first-order valence-corrected chi connectivity index (χ1v) is 12.0. The van der Waals surface area contributed by atoms with Gasteiger partial charge in [-0.05, 0) is 48.4 Å². The van der Waals surface area contributed by atoms with Gasteiger partial charge in [0.25, 0.3) is 10.0 Å². The highest BCUT2D eigenvalue weighted by molar-refractivity contribution is 7.93. The van der Waals surface area contributed by atoms with Crippen molar-refractivity contribution in [3.05, 3.63) is 87.9 Å². The third kappa shape index (κ3) is 4.55. The Morgan fingerprint density at radius 1 is 0.938 bits per heavy atom. The van der Waals surface area contributed by atoms with Crippen LogP contribution in [-0.2, 0) is 21.2 Å². The maximum atomic E-state index is 13.3. The number of benzene rings is 3. The second-order valence-corrected chi connectivity index (χ2v) is 9.66. The van der Waals surface area contributed by atoms with E-state index in [1.54, 1.807) is 36.4 Å². The fourth-order valence-electron chi connectivity index (χ4n) is 3.44. The van der Waals surface area contributed by atoms with Crippen molar-refractivity contribution in [3.8, 4) is 5.75 Å². The Morgan fingerprint density at radius 3 is 2.50 bits per heavy atom. The van der Waals surface area contributed by atoms with Gasteiger partial charge in [0.1, 0.15) is 23.9 Å². The summed E-state index contributed by atoms with van der Waals surface area (Å²) in [5.41, 5.74) is 1.65. The van der Waals surface area contributed by atoms with Crippen molar-refractivity contribution in [2.45, 2.75) is 11.3 Å². The molecule has 0 bridgehead atoms. The lowest BCUT2D eigenvalue weighted by Crippen LogP contribution is -2.29. The molecule has 0 atom stereocenters. The van der Waals surface area contributed by atoms with Gasteiger partial charge in [-0.3, -0.25) is 4.31 Å². The zero-order valence-corrected chi connectivity index (χ0v) is 19.2. The molecule has 32 heavy (non-hydrogen) atoms. The van der Waals surface area contributed by atoms with Crippen LogP contribution in [-0.4, -0.2) is 34.1 Å². The molecule has 0 spiro atoms. The second-order valence-electron chi connectivity index (χ2n) is 7.02. The minimum atomic E-state index is -3.95. The van der Waals surface area contributed by atoms with Crippen LogP contribution in [0.5, 0.6) is 5.75 Å². The number of rotatable bonds is 7. The molecular weight excluding hydrogens is 473 g/mol. The fourth-order valence-corrected chi connectivity index (χ4v) is 5.63. The summed E-state index contributed by atoms with van der Waals surface area (Å²) >= 11 is 12.2. The highest BCUT2D eigenvalue weighted by Gasteiger charge is 2.32. The Morgan fingerprint density at radius 2 is 1.69 bits per heavy atom. The van der Waals surface area contributed by atoms with Gasteiger partial charge in [-0.25, -0.2) is 13.2 Å². The van der Waals surface area contributed by atoms with E-state index in [2.05, 4.69) is 0 Å². The molecule has 1 heterocycles. The van der Waals surface area contributed by atoms with E-state index in [9.17, 15) is 13.2 Å². The van der Waals surface area contributed by atoms with Crippen LogP contribution in [0.2, 0.25) is 10.0 Å². The van der Waals surface area contributed by atoms with Crippen LogP contribution in [0.15, 0.2) is 71.6 Å². The summed E-state index contributed by atoms with van der Waals surface area (Å²) in [5, 5.41) is 0.489. The number of hydrogen-bond acceptors (Lipinski definition) is 5. The van der Waals surface area contributed by atoms with Gasteiger partial charge in [0.2, 0.25) is 0 Å². The number of para-hydroxylation sites is 2. The number of fused-ring (bicyclic) bond motifs is 1. The normalized spacial score (nSPS) is 13.0. The van der Waals surface area contributed by atoms with Crippen molar-refractivity contribution >= 4 is 44.9 Å². The highest BCUT2D eigenvalue weighted by atomic mass is 35.5. The van der Waals surface area contributed by atoms with Gasteiger partial charge in [-0.1, -0.05) is 53.5 Å². The third-order valence-corrected chi connectivity index (χ3v) is 7.60. The smallest absolute Gasteiger partial charge is 0.338 e. The number of esters is 1. The van der Waals surface area contributed by atoms with E-state index in [0.29, 0.717) is 29.4 Å². The largest absolute Gasteiger partial charge is 0.488 e. The van der Waals surface area contributed by atoms with Crippen LogP contribution in [0.25, 0.3) is 0 Å². The van der Waals surface area contributed by atoms with E-state index in [1.807, 2.05) is 12.1 Å². The van der Waals surface area contributed by atoms with Crippen LogP contribution in [0, 0.1) is 0 Å². The average molecular weight is 492 g/mol. The summed E-state index contributed by atoms with van der Waals surface area (Å²) < 4.78 is 38.6. The molecule has 1 aliphatic rings. The molecule has 0 saturated carbocycles. The molecule has 1 aliphatic heterocycles. The number of ether oxygens (including phenoxy) is 2. The van der Waals surface area contributed by atoms with E-state index in [4.69, 9.17) is 32.7 Å². The lowest BCUT2D eigenvalue weighted by Gasteiger charge is -2.20. The van der Waals surface area contributed by atoms with E-state index < -0.39 is 16.0 Å². The van der Waals surface area contributed by atoms with Crippen molar-refractivity contribution in [3.63, 3.8) is 0 Å². The average Bonchev–Trinajstić information content (AvgIpc) is 3.23. The minimum absolute atomic E-state index is 0.0335. The van der Waals surface area contributed by atoms with Crippen LogP contribution in [0.1, 0.15) is 15.9 Å². The Hall–Kier alpha value is -2.74. The molecule has 0 aliphatic carbocycles. The molecule has 0 saturated heterocycles. The highest BCUT2D eigenvalue weighted by Crippen LogP contribution is 2.35. The fraction of sp³-hybridized carbons (Fsp3) is 0.174. The zero-order chi connectivity index (χ0) is 22.7. The number of nitrogens with zero attached hydrogens (tertiary/aromatic N) is 1. The van der Waals surface area contributed by atoms with Crippen molar-refractivity contribution in [2.24, 2.45) is 0 Å². The minimum Gasteiger partial charge on any atom is -0.488 e. The number of anilines is 1. The van der Waals surface area contributed by atoms with Crippen molar-refractivity contribution in [1.82, 2.24) is 0 Å². The summed E-state index contributed by atoms with van der Waals surface area (Å²) in [6.45, 7) is 0.374. The zero-order valence-electron chi connectivity index (χ0n) is 16.8. The molecule has 0 radical (unpaired) electrons. The molecule has 3 aromatic carbocycles. The van der Waals surface area contributed by atoms with Crippen molar-refractivity contribution in [2.75, 3.05) is 24.1 Å². The monoisotopic (exact) mass is 491 g/mol. The first-order valence-electron chi connectivity index (χ1n) is 9.82. The topological polar surface area (TPSA) is 72.9 Å². The van der Waals surface area contributed by atoms with Crippen molar-refractivity contribution < 1.29 is 22.7 Å².